The Labute approximate surface area is 251 Å². The standard InChI is InChI=1S/C33H55N7O2/c34-24-10-8-21-12-18-5-3-16-11-17-4-6-20-14-22-13-19-2-1-15-7-9-23(33(41)42)35-25(15)28(19)39-32(22)40-30(20)27(17)37-26(16)29(18)38-31(21)36-24/h15-32,35-40H,1-14,34H2,(H,41,42). The van der Waals surface area contributed by atoms with Crippen molar-refractivity contribution in [2.24, 2.45) is 53.1 Å². The first-order valence-electron chi connectivity index (χ1n) is 18.0. The molecule has 234 valence electrons. The molecule has 18 atom stereocenters. The Kier molecular flexibility index (Phi) is 6.96. The number of nitrogens with two attached hydrogens (primary N) is 1. The van der Waals surface area contributed by atoms with Gasteiger partial charge in [-0.1, -0.05) is 0 Å². The minimum Gasteiger partial charge on any atom is -0.480 e. The van der Waals surface area contributed by atoms with Crippen molar-refractivity contribution in [3.05, 3.63) is 0 Å². The lowest BCUT2D eigenvalue weighted by Gasteiger charge is -2.61. The Bertz CT molecular complexity index is 1050. The molecule has 9 nitrogen and oxygen atoms in total. The van der Waals surface area contributed by atoms with Crippen LogP contribution >= 0.6 is 0 Å². The molecule has 0 aromatic heterocycles. The quantitative estimate of drug-likeness (QED) is 0.233. The average molecular weight is 582 g/mol. The van der Waals surface area contributed by atoms with Crippen molar-refractivity contribution in [3.8, 4) is 0 Å². The maximum atomic E-state index is 11.9. The summed E-state index contributed by atoms with van der Waals surface area (Å²) in [6.45, 7) is 0. The van der Waals surface area contributed by atoms with E-state index in [0.717, 1.165) is 48.9 Å². The first-order valence-corrected chi connectivity index (χ1v) is 18.0. The lowest BCUT2D eigenvalue weighted by atomic mass is 9.58. The molecule has 6 aliphatic heterocycles. The Morgan fingerprint density at radius 2 is 0.857 bits per heavy atom. The van der Waals surface area contributed by atoms with Crippen LogP contribution in [0.5, 0.6) is 0 Å². The summed E-state index contributed by atoms with van der Waals surface area (Å²) in [7, 11) is 0. The maximum Gasteiger partial charge on any atom is 0.320 e. The second kappa shape index (κ2) is 10.6. The number of nitrogens with one attached hydrogen (secondary N) is 6. The lowest BCUT2D eigenvalue weighted by molar-refractivity contribution is -0.141. The van der Waals surface area contributed by atoms with Crippen LogP contribution in [0.3, 0.4) is 0 Å². The Morgan fingerprint density at radius 3 is 1.43 bits per heavy atom. The zero-order valence-electron chi connectivity index (χ0n) is 25.2. The van der Waals surface area contributed by atoms with Gasteiger partial charge in [0.15, 0.2) is 0 Å². The monoisotopic (exact) mass is 581 g/mol. The Balaban J connectivity index is 0.915. The fourth-order valence-electron chi connectivity index (χ4n) is 12.6. The highest BCUT2D eigenvalue weighted by Crippen LogP contribution is 2.50. The van der Waals surface area contributed by atoms with E-state index in [1.54, 1.807) is 0 Å². The van der Waals surface area contributed by atoms with Crippen LogP contribution in [0.2, 0.25) is 0 Å². The van der Waals surface area contributed by atoms with Crippen molar-refractivity contribution in [1.82, 2.24) is 31.9 Å². The van der Waals surface area contributed by atoms with E-state index >= 15 is 0 Å². The molecule has 0 aromatic rings. The number of aliphatic carboxylic acids is 1. The van der Waals surface area contributed by atoms with Crippen LogP contribution in [0.1, 0.15) is 89.9 Å². The highest BCUT2D eigenvalue weighted by atomic mass is 16.4. The van der Waals surface area contributed by atoms with E-state index in [0.29, 0.717) is 66.3 Å². The van der Waals surface area contributed by atoms with Crippen molar-refractivity contribution in [2.45, 2.75) is 151 Å². The van der Waals surface area contributed by atoms with Crippen molar-refractivity contribution in [3.63, 3.8) is 0 Å². The zero-order valence-corrected chi connectivity index (χ0v) is 25.2. The summed E-state index contributed by atoms with van der Waals surface area (Å²) in [5.41, 5.74) is 6.34. The molecule has 9 N–H and O–H groups in total. The second-order valence-electron chi connectivity index (χ2n) is 16.5. The van der Waals surface area contributed by atoms with E-state index < -0.39 is 5.97 Å². The van der Waals surface area contributed by atoms with Gasteiger partial charge >= 0.3 is 5.97 Å². The van der Waals surface area contributed by atoms with Gasteiger partial charge in [0, 0.05) is 36.3 Å². The third-order valence-electron chi connectivity index (χ3n) is 14.6. The number of piperidine rings is 6. The van der Waals surface area contributed by atoms with Crippen molar-refractivity contribution in [1.29, 1.82) is 0 Å². The molecule has 9 fully saturated rings. The number of rotatable bonds is 1. The summed E-state index contributed by atoms with van der Waals surface area (Å²) >= 11 is 0. The maximum absolute atomic E-state index is 11.9. The van der Waals surface area contributed by atoms with Gasteiger partial charge in [0.2, 0.25) is 0 Å². The van der Waals surface area contributed by atoms with Crippen molar-refractivity contribution >= 4 is 5.97 Å². The molecule has 0 amide bonds. The van der Waals surface area contributed by atoms with Crippen molar-refractivity contribution in [2.75, 3.05) is 0 Å². The molecular formula is C33H55N7O2. The molecule has 9 rings (SSSR count). The number of carbonyl (C=O) groups is 1. The fourth-order valence-corrected chi connectivity index (χ4v) is 12.6. The van der Waals surface area contributed by atoms with Gasteiger partial charge in [0.1, 0.15) is 6.04 Å². The number of fused-ring (bicyclic) bond motifs is 11. The fraction of sp³-hybridized carbons (Fsp3) is 0.970. The van der Waals surface area contributed by atoms with Crippen LogP contribution in [0.15, 0.2) is 0 Å². The molecule has 0 aromatic carbocycles. The van der Waals surface area contributed by atoms with E-state index in [-0.39, 0.29) is 12.2 Å². The van der Waals surface area contributed by atoms with Crippen LogP contribution in [0.25, 0.3) is 0 Å². The van der Waals surface area contributed by atoms with Gasteiger partial charge < -0.3 is 16.2 Å². The molecule has 3 aliphatic carbocycles. The first-order chi connectivity index (χ1) is 20.5. The first kappa shape index (κ1) is 27.5. The highest BCUT2D eigenvalue weighted by molar-refractivity contribution is 5.73. The summed E-state index contributed by atoms with van der Waals surface area (Å²) in [6, 6.07) is 2.56. The summed E-state index contributed by atoms with van der Waals surface area (Å²) in [5.74, 6) is 5.22. The zero-order chi connectivity index (χ0) is 28.1. The summed E-state index contributed by atoms with van der Waals surface area (Å²) in [5, 5.41) is 34.0. The van der Waals surface area contributed by atoms with Gasteiger partial charge in [0.05, 0.1) is 18.5 Å². The molecule has 42 heavy (non-hydrogen) atoms. The predicted octanol–water partition coefficient (Wildman–Crippen LogP) is 1.64. The van der Waals surface area contributed by atoms with Gasteiger partial charge in [-0.05, 0) is 137 Å². The lowest BCUT2D eigenvalue weighted by Crippen LogP contribution is -2.77. The van der Waals surface area contributed by atoms with Crippen LogP contribution in [0, 0.1) is 47.3 Å². The Hall–Kier alpha value is -0.810. The van der Waals surface area contributed by atoms with E-state index in [1.165, 1.54) is 70.6 Å². The minimum absolute atomic E-state index is 0.137. The van der Waals surface area contributed by atoms with E-state index in [4.69, 9.17) is 5.73 Å². The molecule has 9 heteroatoms. The third-order valence-corrected chi connectivity index (χ3v) is 14.6. The molecular weight excluding hydrogens is 526 g/mol. The van der Waals surface area contributed by atoms with Crippen LogP contribution in [-0.2, 0) is 4.79 Å². The smallest absolute Gasteiger partial charge is 0.320 e. The third kappa shape index (κ3) is 4.54. The van der Waals surface area contributed by atoms with Crippen LogP contribution < -0.4 is 37.6 Å². The Morgan fingerprint density at radius 1 is 0.452 bits per heavy atom. The normalized spacial score (nSPS) is 58.3. The molecule has 3 saturated carbocycles. The summed E-state index contributed by atoms with van der Waals surface area (Å²) in [6.07, 6.45) is 18.7. The van der Waals surface area contributed by atoms with E-state index in [1.807, 2.05) is 0 Å². The summed E-state index contributed by atoms with van der Waals surface area (Å²) in [4.78, 5) is 11.9. The topological polar surface area (TPSA) is 136 Å². The SMILES string of the molecule is NC1CCC2CC3CCC4CC5CCC6CC7CC8CCC9CCC(C(=O)O)NC9C8NC7NC6C5NC4C3NC2N1. The molecule has 6 heterocycles. The second-order valence-corrected chi connectivity index (χ2v) is 16.5. The van der Waals surface area contributed by atoms with Gasteiger partial charge in [-0.3, -0.25) is 31.4 Å². The number of carboxylic acids is 1. The summed E-state index contributed by atoms with van der Waals surface area (Å²) < 4.78 is 0. The number of carboxylic acid groups (broad SMARTS) is 1. The molecule has 18 unspecified atom stereocenters. The largest absolute Gasteiger partial charge is 0.480 e. The van der Waals surface area contributed by atoms with Gasteiger partial charge in [0.25, 0.3) is 0 Å². The number of hydrogen-bond donors (Lipinski definition) is 8. The van der Waals surface area contributed by atoms with E-state index in [2.05, 4.69) is 31.9 Å². The highest BCUT2D eigenvalue weighted by Gasteiger charge is 2.56. The van der Waals surface area contributed by atoms with E-state index in [9.17, 15) is 9.90 Å². The minimum atomic E-state index is -0.673. The van der Waals surface area contributed by atoms with Gasteiger partial charge in [-0.2, -0.15) is 0 Å². The number of hydrogen-bond acceptors (Lipinski definition) is 8. The van der Waals surface area contributed by atoms with Crippen LogP contribution in [-0.4, -0.2) is 71.9 Å². The molecule has 9 aliphatic rings. The molecule has 0 bridgehead atoms. The van der Waals surface area contributed by atoms with Gasteiger partial charge in [-0.25, -0.2) is 0 Å². The molecule has 0 radical (unpaired) electrons. The average Bonchev–Trinajstić information content (AvgIpc) is 3.00. The predicted molar refractivity (Wildman–Crippen MR) is 161 cm³/mol. The van der Waals surface area contributed by atoms with Crippen LogP contribution in [0.4, 0.5) is 0 Å². The van der Waals surface area contributed by atoms with Gasteiger partial charge in [-0.15, -0.1) is 0 Å². The van der Waals surface area contributed by atoms with Crippen molar-refractivity contribution < 1.29 is 9.90 Å². The molecule has 0 spiro atoms. The molecule has 6 saturated heterocycles.